The summed E-state index contributed by atoms with van der Waals surface area (Å²) in [5, 5.41) is 0. The average molecular weight is 477 g/mol. The van der Waals surface area contributed by atoms with Crippen LogP contribution in [0.1, 0.15) is 28.2 Å². The smallest absolute Gasteiger partial charge is 0.321 e. The lowest BCUT2D eigenvalue weighted by Crippen LogP contribution is -2.32. The maximum atomic E-state index is 13.4. The second-order valence-electron chi connectivity index (χ2n) is 8.37. The Hall–Kier alpha value is -4.44. The Labute approximate surface area is 211 Å². The van der Waals surface area contributed by atoms with Crippen LogP contribution in [0, 0.1) is 5.92 Å². The summed E-state index contributed by atoms with van der Waals surface area (Å²) in [6, 6.07) is 38.1. The fourth-order valence-electron chi connectivity index (χ4n) is 3.90. The summed E-state index contributed by atoms with van der Waals surface area (Å²) in [5.41, 5.74) is 3.48. The molecule has 0 aliphatic carbocycles. The summed E-state index contributed by atoms with van der Waals surface area (Å²) in [4.78, 5) is 26.9. The van der Waals surface area contributed by atoms with Crippen LogP contribution in [0.25, 0.3) is 6.08 Å². The van der Waals surface area contributed by atoms with Gasteiger partial charge in [0.15, 0.2) is 5.92 Å². The van der Waals surface area contributed by atoms with Gasteiger partial charge < -0.3 is 9.47 Å². The van der Waals surface area contributed by atoms with Gasteiger partial charge in [0.05, 0.1) is 0 Å². The molecule has 0 radical (unpaired) electrons. The molecule has 1 unspecified atom stereocenters. The van der Waals surface area contributed by atoms with E-state index in [0.717, 1.165) is 22.3 Å². The van der Waals surface area contributed by atoms with E-state index in [1.165, 1.54) is 0 Å². The van der Waals surface area contributed by atoms with Crippen molar-refractivity contribution in [1.29, 1.82) is 0 Å². The molecule has 4 aromatic rings. The number of rotatable bonds is 10. The third-order valence-electron chi connectivity index (χ3n) is 5.79. The third-order valence-corrected chi connectivity index (χ3v) is 5.79. The molecule has 36 heavy (non-hydrogen) atoms. The Balaban J connectivity index is 1.63. The Morgan fingerprint density at radius 3 is 1.47 bits per heavy atom. The standard InChI is InChI=1S/C32H28O4/c33-31(35-23-26-15-7-2-8-16-26)30(32(34)36-24-27-17-9-3-10-18-27)29(28-19-11-4-12-20-28)22-21-25-13-5-1-6-14-25/h1-22,29-30H,23-24H2/b22-21+. The van der Waals surface area contributed by atoms with Crippen molar-refractivity contribution in [2.24, 2.45) is 5.92 Å². The fraction of sp³-hybridized carbons (Fsp3) is 0.125. The highest BCUT2D eigenvalue weighted by molar-refractivity contribution is 5.96. The molecule has 0 spiro atoms. The van der Waals surface area contributed by atoms with Crippen molar-refractivity contribution < 1.29 is 19.1 Å². The van der Waals surface area contributed by atoms with E-state index in [1.54, 1.807) is 0 Å². The molecule has 0 aliphatic heterocycles. The van der Waals surface area contributed by atoms with E-state index in [-0.39, 0.29) is 13.2 Å². The minimum atomic E-state index is -1.17. The lowest BCUT2D eigenvalue weighted by molar-refractivity contribution is -0.164. The lowest BCUT2D eigenvalue weighted by Gasteiger charge is -2.23. The number of ether oxygens (including phenoxy) is 2. The van der Waals surface area contributed by atoms with Gasteiger partial charge in [-0.1, -0.05) is 133 Å². The lowest BCUT2D eigenvalue weighted by atomic mass is 9.85. The SMILES string of the molecule is O=C(OCc1ccccc1)C(C(=O)OCc1ccccc1)C(/C=C/c1ccccc1)c1ccccc1. The Bertz CT molecular complexity index is 1200. The highest BCUT2D eigenvalue weighted by Gasteiger charge is 2.37. The van der Waals surface area contributed by atoms with Crippen LogP contribution in [-0.4, -0.2) is 11.9 Å². The predicted octanol–water partition coefficient (Wildman–Crippen LogP) is 6.59. The van der Waals surface area contributed by atoms with Gasteiger partial charge in [0, 0.05) is 5.92 Å². The van der Waals surface area contributed by atoms with Gasteiger partial charge in [-0.15, -0.1) is 0 Å². The van der Waals surface area contributed by atoms with Gasteiger partial charge in [-0.05, 0) is 22.3 Å². The second kappa shape index (κ2) is 12.9. The van der Waals surface area contributed by atoms with E-state index in [1.807, 2.05) is 133 Å². The number of benzene rings is 4. The van der Waals surface area contributed by atoms with Gasteiger partial charge in [0.1, 0.15) is 13.2 Å². The van der Waals surface area contributed by atoms with Crippen LogP contribution < -0.4 is 0 Å². The van der Waals surface area contributed by atoms with E-state index in [0.29, 0.717) is 0 Å². The van der Waals surface area contributed by atoms with Crippen LogP contribution in [0.15, 0.2) is 127 Å². The van der Waals surface area contributed by atoms with Crippen molar-refractivity contribution in [2.75, 3.05) is 0 Å². The summed E-state index contributed by atoms with van der Waals surface area (Å²) in [5.74, 6) is -2.98. The molecule has 0 fully saturated rings. The molecular weight excluding hydrogens is 448 g/mol. The second-order valence-corrected chi connectivity index (χ2v) is 8.37. The van der Waals surface area contributed by atoms with E-state index in [2.05, 4.69) is 0 Å². The Morgan fingerprint density at radius 1 is 0.583 bits per heavy atom. The predicted molar refractivity (Wildman–Crippen MR) is 141 cm³/mol. The van der Waals surface area contributed by atoms with E-state index in [4.69, 9.17) is 9.47 Å². The summed E-state index contributed by atoms with van der Waals surface area (Å²) < 4.78 is 11.3. The Kier molecular flexibility index (Phi) is 8.82. The van der Waals surface area contributed by atoms with Crippen molar-refractivity contribution in [2.45, 2.75) is 19.1 Å². The minimum Gasteiger partial charge on any atom is -0.460 e. The Morgan fingerprint density at radius 2 is 1.00 bits per heavy atom. The first kappa shape index (κ1) is 24.7. The first-order chi connectivity index (χ1) is 17.7. The first-order valence-electron chi connectivity index (χ1n) is 11.9. The van der Waals surface area contributed by atoms with Crippen LogP contribution >= 0.6 is 0 Å². The first-order valence-corrected chi connectivity index (χ1v) is 11.9. The van der Waals surface area contributed by atoms with Crippen LogP contribution in [0.4, 0.5) is 0 Å². The fourth-order valence-corrected chi connectivity index (χ4v) is 3.90. The number of hydrogen-bond donors (Lipinski definition) is 0. The number of carbonyl (C=O) groups is 2. The van der Waals surface area contributed by atoms with Crippen molar-refractivity contribution in [3.63, 3.8) is 0 Å². The van der Waals surface area contributed by atoms with E-state index in [9.17, 15) is 9.59 Å². The van der Waals surface area contributed by atoms with Gasteiger partial charge in [-0.3, -0.25) is 9.59 Å². The molecule has 4 nitrogen and oxygen atoms in total. The summed E-state index contributed by atoms with van der Waals surface area (Å²) >= 11 is 0. The van der Waals surface area contributed by atoms with Crippen molar-refractivity contribution in [1.82, 2.24) is 0 Å². The zero-order valence-electron chi connectivity index (χ0n) is 19.9. The molecule has 0 aromatic heterocycles. The van der Waals surface area contributed by atoms with Crippen LogP contribution in [0.2, 0.25) is 0 Å². The number of carbonyl (C=O) groups excluding carboxylic acids is 2. The highest BCUT2D eigenvalue weighted by Crippen LogP contribution is 2.30. The topological polar surface area (TPSA) is 52.6 Å². The molecule has 0 heterocycles. The summed E-state index contributed by atoms with van der Waals surface area (Å²) in [6.07, 6.45) is 3.79. The summed E-state index contributed by atoms with van der Waals surface area (Å²) in [6.45, 7) is 0.151. The zero-order chi connectivity index (χ0) is 25.0. The number of allylic oxidation sites excluding steroid dienone is 1. The molecule has 4 aromatic carbocycles. The molecule has 0 N–H and O–H groups in total. The van der Waals surface area contributed by atoms with Crippen molar-refractivity contribution in [3.8, 4) is 0 Å². The van der Waals surface area contributed by atoms with Crippen molar-refractivity contribution >= 4 is 18.0 Å². The number of hydrogen-bond acceptors (Lipinski definition) is 4. The van der Waals surface area contributed by atoms with E-state index < -0.39 is 23.8 Å². The highest BCUT2D eigenvalue weighted by atomic mass is 16.6. The largest absolute Gasteiger partial charge is 0.460 e. The molecule has 1 atom stereocenters. The van der Waals surface area contributed by atoms with E-state index >= 15 is 0 Å². The molecule has 0 saturated heterocycles. The molecule has 0 saturated carbocycles. The molecule has 180 valence electrons. The molecule has 0 bridgehead atoms. The molecule has 0 amide bonds. The summed E-state index contributed by atoms with van der Waals surface area (Å²) in [7, 11) is 0. The zero-order valence-corrected chi connectivity index (χ0v) is 19.9. The van der Waals surface area contributed by atoms with Crippen LogP contribution in [-0.2, 0) is 32.3 Å². The quantitative estimate of drug-likeness (QED) is 0.191. The monoisotopic (exact) mass is 476 g/mol. The van der Waals surface area contributed by atoms with Crippen LogP contribution in [0.5, 0.6) is 0 Å². The van der Waals surface area contributed by atoms with Gasteiger partial charge in [0.25, 0.3) is 0 Å². The molecular formula is C32H28O4. The maximum Gasteiger partial charge on any atom is 0.321 e. The van der Waals surface area contributed by atoms with Gasteiger partial charge >= 0.3 is 11.9 Å². The van der Waals surface area contributed by atoms with Gasteiger partial charge in [-0.25, -0.2) is 0 Å². The third kappa shape index (κ3) is 7.03. The maximum absolute atomic E-state index is 13.4. The number of esters is 2. The van der Waals surface area contributed by atoms with Crippen LogP contribution in [0.3, 0.4) is 0 Å². The average Bonchev–Trinajstić information content (AvgIpc) is 2.95. The minimum absolute atomic E-state index is 0.0754. The molecule has 4 heteroatoms. The van der Waals surface area contributed by atoms with Crippen molar-refractivity contribution in [3.05, 3.63) is 150 Å². The molecule has 4 rings (SSSR count). The van der Waals surface area contributed by atoms with Gasteiger partial charge in [0.2, 0.25) is 0 Å². The molecule has 0 aliphatic rings. The normalized spacial score (nSPS) is 11.8. The van der Waals surface area contributed by atoms with Gasteiger partial charge in [-0.2, -0.15) is 0 Å².